The number of rotatable bonds is 7. The van der Waals surface area contributed by atoms with Crippen LogP contribution in [0, 0.1) is 0 Å². The molecule has 0 saturated heterocycles. The minimum Gasteiger partial charge on any atom is -0.467 e. The molecule has 0 bridgehead atoms. The first kappa shape index (κ1) is 23.9. The standard InChI is InChI=1S/C23H19N3O8S/c1-13(20(27)25-15-5-7-17(8-6-15)35(24,31)32)34-23(30)14-4-9-18-19(11-14)22(29)26(21(18)28)12-16-3-2-10-33-16/h2-11,13H,12H2,1H3,(H,25,27)(H2,24,31,32). The van der Waals surface area contributed by atoms with Gasteiger partial charge in [0.25, 0.3) is 17.7 Å². The van der Waals surface area contributed by atoms with Gasteiger partial charge in [-0.1, -0.05) is 0 Å². The van der Waals surface area contributed by atoms with Crippen LogP contribution < -0.4 is 10.5 Å². The molecule has 3 aromatic rings. The van der Waals surface area contributed by atoms with E-state index in [9.17, 15) is 27.6 Å². The van der Waals surface area contributed by atoms with Crippen molar-refractivity contribution >= 4 is 39.4 Å². The number of nitrogens with two attached hydrogens (primary N) is 1. The van der Waals surface area contributed by atoms with Crippen LogP contribution in [0.3, 0.4) is 0 Å². The van der Waals surface area contributed by atoms with Gasteiger partial charge in [0.1, 0.15) is 5.76 Å². The Labute approximate surface area is 199 Å². The molecule has 0 aliphatic carbocycles. The molecule has 180 valence electrons. The molecule has 0 radical (unpaired) electrons. The number of anilines is 1. The Kier molecular flexibility index (Phi) is 6.24. The number of furan rings is 1. The maximum absolute atomic E-state index is 12.7. The predicted molar refractivity (Wildman–Crippen MR) is 121 cm³/mol. The molecule has 3 amide bonds. The summed E-state index contributed by atoms with van der Waals surface area (Å²) in [5.74, 6) is -2.20. The lowest BCUT2D eigenvalue weighted by molar-refractivity contribution is -0.123. The second-order valence-corrected chi connectivity index (χ2v) is 9.20. The first-order chi connectivity index (χ1) is 16.5. The topological polar surface area (TPSA) is 166 Å². The number of hydrogen-bond donors (Lipinski definition) is 2. The van der Waals surface area contributed by atoms with Crippen LogP contribution in [0.25, 0.3) is 0 Å². The zero-order valence-electron chi connectivity index (χ0n) is 18.3. The second kappa shape index (κ2) is 9.16. The van der Waals surface area contributed by atoms with E-state index in [2.05, 4.69) is 5.32 Å². The Bertz CT molecular complexity index is 1430. The van der Waals surface area contributed by atoms with Crippen LogP contribution in [0.1, 0.15) is 43.8 Å². The van der Waals surface area contributed by atoms with Crippen molar-refractivity contribution in [3.8, 4) is 0 Å². The van der Waals surface area contributed by atoms with Gasteiger partial charge in [-0.05, 0) is 61.5 Å². The van der Waals surface area contributed by atoms with Gasteiger partial charge in [0.05, 0.1) is 34.4 Å². The zero-order chi connectivity index (χ0) is 25.3. The molecule has 11 nitrogen and oxygen atoms in total. The number of imide groups is 1. The molecule has 0 saturated carbocycles. The molecule has 2 heterocycles. The Balaban J connectivity index is 1.41. The van der Waals surface area contributed by atoms with Crippen molar-refractivity contribution in [1.29, 1.82) is 0 Å². The van der Waals surface area contributed by atoms with E-state index in [1.807, 2.05) is 0 Å². The molecule has 3 N–H and O–H groups in total. The first-order valence-corrected chi connectivity index (χ1v) is 11.8. The number of carbonyl (C=O) groups excluding carboxylic acids is 4. The quantitative estimate of drug-likeness (QED) is 0.369. The fourth-order valence-corrected chi connectivity index (χ4v) is 3.89. The molecule has 0 spiro atoms. The average molecular weight is 497 g/mol. The third-order valence-corrected chi connectivity index (χ3v) is 6.13. The van der Waals surface area contributed by atoms with Crippen LogP contribution in [0.4, 0.5) is 5.69 Å². The van der Waals surface area contributed by atoms with Crippen molar-refractivity contribution in [3.05, 3.63) is 83.3 Å². The summed E-state index contributed by atoms with van der Waals surface area (Å²) in [5, 5.41) is 7.53. The van der Waals surface area contributed by atoms with Crippen LogP contribution >= 0.6 is 0 Å². The number of nitrogens with zero attached hydrogens (tertiary/aromatic N) is 1. The number of carbonyl (C=O) groups is 4. The molecule has 1 aliphatic rings. The summed E-state index contributed by atoms with van der Waals surface area (Å²) < 4.78 is 33.0. The molecule has 4 rings (SSSR count). The van der Waals surface area contributed by atoms with Gasteiger partial charge in [0, 0.05) is 5.69 Å². The minimum atomic E-state index is -3.87. The lowest BCUT2D eigenvalue weighted by atomic mass is 10.1. The number of benzene rings is 2. The van der Waals surface area contributed by atoms with E-state index in [4.69, 9.17) is 14.3 Å². The number of amides is 3. The van der Waals surface area contributed by atoms with Gasteiger partial charge in [0.15, 0.2) is 6.10 Å². The van der Waals surface area contributed by atoms with Gasteiger partial charge in [0.2, 0.25) is 10.0 Å². The largest absolute Gasteiger partial charge is 0.467 e. The van der Waals surface area contributed by atoms with E-state index in [0.717, 1.165) is 4.90 Å². The molecule has 1 atom stereocenters. The molecule has 1 unspecified atom stereocenters. The highest BCUT2D eigenvalue weighted by atomic mass is 32.2. The summed E-state index contributed by atoms with van der Waals surface area (Å²) in [4.78, 5) is 51.2. The van der Waals surface area contributed by atoms with E-state index < -0.39 is 39.8 Å². The molecule has 12 heteroatoms. The molecular weight excluding hydrogens is 478 g/mol. The highest BCUT2D eigenvalue weighted by Gasteiger charge is 2.36. The Morgan fingerprint density at radius 3 is 2.37 bits per heavy atom. The smallest absolute Gasteiger partial charge is 0.338 e. The van der Waals surface area contributed by atoms with Crippen molar-refractivity contribution in [1.82, 2.24) is 4.90 Å². The normalized spacial score (nSPS) is 13.9. The number of esters is 1. The van der Waals surface area contributed by atoms with Crippen molar-refractivity contribution < 1.29 is 36.7 Å². The number of ether oxygens (including phenoxy) is 1. The zero-order valence-corrected chi connectivity index (χ0v) is 19.1. The van der Waals surface area contributed by atoms with Crippen LogP contribution in [0.5, 0.6) is 0 Å². The van der Waals surface area contributed by atoms with Gasteiger partial charge in [-0.3, -0.25) is 19.3 Å². The number of nitrogens with one attached hydrogen (secondary N) is 1. The Hall–Kier alpha value is -4.29. The molecular formula is C23H19N3O8S. The first-order valence-electron chi connectivity index (χ1n) is 10.2. The van der Waals surface area contributed by atoms with Crippen LogP contribution in [-0.4, -0.2) is 43.1 Å². The molecule has 1 aromatic heterocycles. The van der Waals surface area contributed by atoms with Gasteiger partial charge in [-0.25, -0.2) is 18.4 Å². The van der Waals surface area contributed by atoms with Gasteiger partial charge < -0.3 is 14.5 Å². The number of primary sulfonamides is 1. The maximum atomic E-state index is 12.7. The van der Waals surface area contributed by atoms with E-state index in [-0.39, 0.29) is 33.8 Å². The van der Waals surface area contributed by atoms with Gasteiger partial charge >= 0.3 is 5.97 Å². The highest BCUT2D eigenvalue weighted by molar-refractivity contribution is 7.89. The fourth-order valence-electron chi connectivity index (χ4n) is 3.37. The van der Waals surface area contributed by atoms with Crippen molar-refractivity contribution in [2.75, 3.05) is 5.32 Å². The molecule has 1 aliphatic heterocycles. The summed E-state index contributed by atoms with van der Waals surface area (Å²) in [6.45, 7) is 1.30. The summed E-state index contributed by atoms with van der Waals surface area (Å²) in [6.07, 6.45) is 0.208. The summed E-state index contributed by atoms with van der Waals surface area (Å²) in [5.41, 5.74) is 0.445. The van der Waals surface area contributed by atoms with Crippen LogP contribution in [0.15, 0.2) is 70.2 Å². The van der Waals surface area contributed by atoms with Crippen molar-refractivity contribution in [3.63, 3.8) is 0 Å². The predicted octanol–water partition coefficient (Wildman–Crippen LogP) is 1.91. The monoisotopic (exact) mass is 497 g/mol. The van der Waals surface area contributed by atoms with Gasteiger partial charge in [-0.2, -0.15) is 0 Å². The summed E-state index contributed by atoms with van der Waals surface area (Å²) in [7, 11) is -3.87. The van der Waals surface area contributed by atoms with Crippen LogP contribution in [-0.2, 0) is 26.1 Å². The van der Waals surface area contributed by atoms with E-state index >= 15 is 0 Å². The molecule has 0 fully saturated rings. The average Bonchev–Trinajstić information content (AvgIpc) is 3.41. The SMILES string of the molecule is CC(OC(=O)c1ccc2c(c1)C(=O)N(Cc1ccco1)C2=O)C(=O)Nc1ccc(S(N)(=O)=O)cc1. The van der Waals surface area contributed by atoms with E-state index in [1.54, 1.807) is 12.1 Å². The molecule has 2 aromatic carbocycles. The fraction of sp³-hybridized carbons (Fsp3) is 0.130. The van der Waals surface area contributed by atoms with Crippen molar-refractivity contribution in [2.24, 2.45) is 5.14 Å². The maximum Gasteiger partial charge on any atom is 0.338 e. The number of fused-ring (bicyclic) bond motifs is 1. The van der Waals surface area contributed by atoms with Crippen molar-refractivity contribution in [2.45, 2.75) is 24.5 Å². The lowest BCUT2D eigenvalue weighted by Crippen LogP contribution is -2.30. The summed E-state index contributed by atoms with van der Waals surface area (Å²) >= 11 is 0. The Morgan fingerprint density at radius 2 is 1.74 bits per heavy atom. The van der Waals surface area contributed by atoms with Gasteiger partial charge in [-0.15, -0.1) is 0 Å². The summed E-state index contributed by atoms with van der Waals surface area (Å²) in [6, 6.07) is 12.3. The van der Waals surface area contributed by atoms with E-state index in [0.29, 0.717) is 5.76 Å². The highest BCUT2D eigenvalue weighted by Crippen LogP contribution is 2.26. The third-order valence-electron chi connectivity index (χ3n) is 5.20. The second-order valence-electron chi connectivity index (χ2n) is 7.64. The Morgan fingerprint density at radius 1 is 1.06 bits per heavy atom. The lowest BCUT2D eigenvalue weighted by Gasteiger charge is -2.14. The van der Waals surface area contributed by atoms with Crippen LogP contribution in [0.2, 0.25) is 0 Å². The molecule has 35 heavy (non-hydrogen) atoms. The third kappa shape index (κ3) is 4.98. The number of hydrogen-bond acceptors (Lipinski definition) is 8. The van der Waals surface area contributed by atoms with E-state index in [1.165, 1.54) is 55.7 Å². The number of sulfonamides is 1. The minimum absolute atomic E-state index is 0.0121.